The summed E-state index contributed by atoms with van der Waals surface area (Å²) in [4.78, 5) is 60.7. The second kappa shape index (κ2) is 15.4. The number of ether oxygens (including phenoxy) is 5. The number of benzene rings is 1. The van der Waals surface area contributed by atoms with Crippen molar-refractivity contribution in [3.63, 3.8) is 0 Å². The highest BCUT2D eigenvalue weighted by atomic mass is 79.9. The second-order valence-electron chi connectivity index (χ2n) is 13.5. The summed E-state index contributed by atoms with van der Waals surface area (Å²) in [5.74, 6) is -0.304. The van der Waals surface area contributed by atoms with E-state index < -0.39 is 47.6 Å². The van der Waals surface area contributed by atoms with Crippen molar-refractivity contribution < 1.29 is 42.9 Å². The van der Waals surface area contributed by atoms with E-state index >= 15 is 0 Å². The number of fused-ring (bicyclic) bond motifs is 3. The maximum absolute atomic E-state index is 14.4. The molecule has 6 rings (SSSR count). The van der Waals surface area contributed by atoms with Gasteiger partial charge in [-0.25, -0.2) is 14.6 Å². The molecule has 2 aromatic rings. The number of nitrogens with one attached hydrogen (secondary N) is 2. The lowest BCUT2D eigenvalue weighted by molar-refractivity contribution is -0.148. The average Bonchev–Trinajstić information content (AvgIpc) is 3.39. The molecule has 14 heteroatoms. The van der Waals surface area contributed by atoms with Gasteiger partial charge < -0.3 is 39.2 Å². The van der Waals surface area contributed by atoms with Crippen LogP contribution in [0.4, 0.5) is 4.79 Å². The van der Waals surface area contributed by atoms with Crippen LogP contribution >= 0.6 is 15.9 Å². The fourth-order valence-electron chi connectivity index (χ4n) is 7.38. The molecule has 2 saturated carbocycles. The number of esters is 1. The second-order valence-corrected chi connectivity index (χ2v) is 14.3. The van der Waals surface area contributed by atoms with Crippen LogP contribution in [0.2, 0.25) is 0 Å². The first-order valence-electron chi connectivity index (χ1n) is 17.4. The number of hydrogen-bond acceptors (Lipinski definition) is 10. The van der Waals surface area contributed by atoms with Gasteiger partial charge in [0.2, 0.25) is 17.7 Å². The van der Waals surface area contributed by atoms with Crippen molar-refractivity contribution in [1.82, 2.24) is 20.5 Å². The molecular weight excluding hydrogens is 712 g/mol. The summed E-state index contributed by atoms with van der Waals surface area (Å²) < 4.78 is 28.9. The number of allylic oxidation sites excluding steroid dienone is 1. The van der Waals surface area contributed by atoms with Gasteiger partial charge in [-0.15, -0.1) is 0 Å². The summed E-state index contributed by atoms with van der Waals surface area (Å²) >= 11 is 3.57. The summed E-state index contributed by atoms with van der Waals surface area (Å²) in [6, 6.07) is 3.38. The number of hydrogen-bond donors (Lipinski definition) is 2. The topological polar surface area (TPSA) is 155 Å². The van der Waals surface area contributed by atoms with E-state index in [9.17, 15) is 19.2 Å². The van der Waals surface area contributed by atoms with E-state index in [0.717, 1.165) is 44.9 Å². The number of aromatic nitrogens is 1. The Kier molecular flexibility index (Phi) is 11.0. The number of halogens is 1. The maximum Gasteiger partial charge on any atom is 0.408 e. The fraction of sp³-hybridized carbons (Fsp3) is 0.583. The van der Waals surface area contributed by atoms with Gasteiger partial charge in [-0.05, 0) is 79.4 Å². The van der Waals surface area contributed by atoms with E-state index in [1.54, 1.807) is 19.2 Å². The van der Waals surface area contributed by atoms with Crippen LogP contribution in [0.5, 0.6) is 17.4 Å². The molecular formula is C36H45BrN4O9. The van der Waals surface area contributed by atoms with Gasteiger partial charge in [0.15, 0.2) is 0 Å². The number of carbonyl (C=O) groups is 4. The SMILES string of the molecule is COC(=O)[C@@]12C[C@H]1C=CCCCCC[C@H](NC(=O)OC1CCCC1)C(=O)N1C[C@H](Oc3cc(OC)nc4c(Br)c(OC)ccc34)C[C@H]1C(=O)N2. The van der Waals surface area contributed by atoms with E-state index in [1.165, 1.54) is 19.1 Å². The molecule has 0 radical (unpaired) electrons. The number of pyridine rings is 1. The molecule has 1 aromatic carbocycles. The zero-order valence-electron chi connectivity index (χ0n) is 28.7. The molecule has 2 aliphatic carbocycles. The highest BCUT2D eigenvalue weighted by molar-refractivity contribution is 9.10. The Morgan fingerprint density at radius 3 is 2.52 bits per heavy atom. The van der Waals surface area contributed by atoms with Gasteiger partial charge in [-0.2, -0.15) is 0 Å². The Morgan fingerprint density at radius 1 is 1.00 bits per heavy atom. The minimum absolute atomic E-state index is 0.0603. The number of carbonyl (C=O) groups excluding carboxylic acids is 4. The monoisotopic (exact) mass is 756 g/mol. The Morgan fingerprint density at radius 2 is 1.78 bits per heavy atom. The molecule has 3 fully saturated rings. The summed E-state index contributed by atoms with van der Waals surface area (Å²) in [5.41, 5.74) is -0.655. The van der Waals surface area contributed by atoms with Crippen LogP contribution in [-0.4, -0.2) is 91.5 Å². The van der Waals surface area contributed by atoms with E-state index in [-0.39, 0.29) is 25.0 Å². The predicted octanol–water partition coefficient (Wildman–Crippen LogP) is 4.97. The number of amides is 3. The number of methoxy groups -OCH3 is 3. The molecule has 50 heavy (non-hydrogen) atoms. The first-order valence-corrected chi connectivity index (χ1v) is 18.2. The van der Waals surface area contributed by atoms with Crippen LogP contribution in [0.3, 0.4) is 0 Å². The van der Waals surface area contributed by atoms with Gasteiger partial charge in [0.1, 0.15) is 41.3 Å². The third-order valence-corrected chi connectivity index (χ3v) is 11.0. The van der Waals surface area contributed by atoms with Gasteiger partial charge in [-0.1, -0.05) is 25.0 Å². The van der Waals surface area contributed by atoms with Crippen LogP contribution in [0, 0.1) is 5.92 Å². The van der Waals surface area contributed by atoms with Crippen molar-refractivity contribution in [2.24, 2.45) is 5.92 Å². The standard InChI is InChI=1S/C36H45BrN4O9/c1-46-27-16-15-24-28(18-29(47-2)39-31(24)30(27)37)49-23-17-26-32(42)40-36(34(44)48-3)19-21(36)11-7-5-4-6-8-14-25(33(43)41(26)20-23)38-35(45)50-22-12-9-10-13-22/h7,11,15-16,18,21-23,25-26H,4-6,8-10,12-14,17,19-20H2,1-3H3,(H,38,45)(H,40,42)/t21-,23-,25+,26+,36-/m1/s1. The third-order valence-electron chi connectivity index (χ3n) is 10.2. The van der Waals surface area contributed by atoms with E-state index in [2.05, 4.69) is 31.5 Å². The Balaban J connectivity index is 1.31. The Labute approximate surface area is 299 Å². The highest BCUT2D eigenvalue weighted by Crippen LogP contribution is 2.46. The molecule has 0 spiro atoms. The summed E-state index contributed by atoms with van der Waals surface area (Å²) in [6.07, 6.45) is 10.3. The molecule has 5 atom stereocenters. The molecule has 0 bridgehead atoms. The lowest BCUT2D eigenvalue weighted by Crippen LogP contribution is -2.56. The maximum atomic E-state index is 14.4. The number of nitrogens with zero attached hydrogens (tertiary/aromatic N) is 2. The van der Waals surface area contributed by atoms with Crippen LogP contribution in [-0.2, 0) is 23.9 Å². The lowest BCUT2D eigenvalue weighted by atomic mass is 10.0. The van der Waals surface area contributed by atoms with Crippen molar-refractivity contribution >= 4 is 50.7 Å². The molecule has 2 N–H and O–H groups in total. The van der Waals surface area contributed by atoms with Crippen molar-refractivity contribution in [1.29, 1.82) is 0 Å². The zero-order valence-corrected chi connectivity index (χ0v) is 30.3. The fourth-order valence-corrected chi connectivity index (χ4v) is 7.97. The van der Waals surface area contributed by atoms with E-state index in [0.29, 0.717) is 52.0 Å². The quantitative estimate of drug-likeness (QED) is 0.293. The molecule has 4 aliphatic rings. The minimum Gasteiger partial charge on any atom is -0.495 e. The largest absolute Gasteiger partial charge is 0.495 e. The third kappa shape index (κ3) is 7.50. The minimum atomic E-state index is -1.21. The van der Waals surface area contributed by atoms with Crippen molar-refractivity contribution in [2.45, 2.75) is 100 Å². The average molecular weight is 758 g/mol. The van der Waals surface area contributed by atoms with Gasteiger partial charge in [0.05, 0.1) is 37.9 Å². The first kappa shape index (κ1) is 35.7. The molecule has 270 valence electrons. The van der Waals surface area contributed by atoms with Crippen LogP contribution in [0.1, 0.15) is 70.6 Å². The van der Waals surface area contributed by atoms with Gasteiger partial charge in [-0.3, -0.25) is 9.59 Å². The van der Waals surface area contributed by atoms with E-state index in [1.807, 2.05) is 18.2 Å². The van der Waals surface area contributed by atoms with Crippen molar-refractivity contribution in [2.75, 3.05) is 27.9 Å². The van der Waals surface area contributed by atoms with E-state index in [4.69, 9.17) is 23.7 Å². The summed E-state index contributed by atoms with van der Waals surface area (Å²) in [6.45, 7) is 0.0603. The predicted molar refractivity (Wildman–Crippen MR) is 186 cm³/mol. The van der Waals surface area contributed by atoms with Gasteiger partial charge >= 0.3 is 12.1 Å². The number of rotatable bonds is 7. The number of alkyl carbamates (subject to hydrolysis) is 1. The Hall–Kier alpha value is -4.07. The molecule has 0 unspecified atom stereocenters. The van der Waals surface area contributed by atoms with Crippen LogP contribution < -0.4 is 24.8 Å². The molecule has 1 aromatic heterocycles. The summed E-state index contributed by atoms with van der Waals surface area (Å²) in [5, 5.41) is 6.46. The molecule has 13 nitrogen and oxygen atoms in total. The zero-order chi connectivity index (χ0) is 35.4. The molecule has 1 saturated heterocycles. The highest BCUT2D eigenvalue weighted by Gasteiger charge is 2.62. The molecule has 3 heterocycles. The molecule has 2 aliphatic heterocycles. The smallest absolute Gasteiger partial charge is 0.408 e. The summed E-state index contributed by atoms with van der Waals surface area (Å²) in [7, 11) is 4.37. The Bertz CT molecular complexity index is 1650. The van der Waals surface area contributed by atoms with Crippen molar-refractivity contribution in [3.05, 3.63) is 34.8 Å². The van der Waals surface area contributed by atoms with Crippen LogP contribution in [0.25, 0.3) is 10.9 Å². The normalized spacial score (nSPS) is 27.3. The van der Waals surface area contributed by atoms with Gasteiger partial charge in [0, 0.05) is 23.8 Å². The molecule has 3 amide bonds. The van der Waals surface area contributed by atoms with Gasteiger partial charge in [0.25, 0.3) is 0 Å². The lowest BCUT2D eigenvalue weighted by Gasteiger charge is -2.29. The van der Waals surface area contributed by atoms with Crippen LogP contribution in [0.15, 0.2) is 34.8 Å². The first-order chi connectivity index (χ1) is 24.2. The van der Waals surface area contributed by atoms with Crippen molar-refractivity contribution in [3.8, 4) is 17.4 Å².